The van der Waals surface area contributed by atoms with Crippen molar-refractivity contribution in [2.45, 2.75) is 26.7 Å². The largest absolute Gasteiger partial charge is 0.463 e. The summed E-state index contributed by atoms with van der Waals surface area (Å²) in [5.74, 6) is -1.03. The predicted octanol–water partition coefficient (Wildman–Crippen LogP) is 3.78. The average Bonchev–Trinajstić information content (AvgIpc) is 2.57. The summed E-state index contributed by atoms with van der Waals surface area (Å²) in [6, 6.07) is 10.0. The van der Waals surface area contributed by atoms with Gasteiger partial charge in [-0.05, 0) is 18.4 Å². The lowest BCUT2D eigenvalue weighted by molar-refractivity contribution is -0.140. The van der Waals surface area contributed by atoms with Crippen LogP contribution in [0.25, 0.3) is 6.08 Å². The van der Waals surface area contributed by atoms with Gasteiger partial charge in [0.05, 0.1) is 13.2 Å². The number of benzene rings is 1. The van der Waals surface area contributed by atoms with Gasteiger partial charge in [-0.3, -0.25) is 0 Å². The highest BCUT2D eigenvalue weighted by Gasteiger charge is 1.99. The summed E-state index contributed by atoms with van der Waals surface area (Å²) in [6.45, 7) is 8.16. The SMILES string of the molecule is C=Cc1ccccc1.CCCOC(=O)C=CC(=O)OCCC. The van der Waals surface area contributed by atoms with Crippen LogP contribution in [0.5, 0.6) is 0 Å². The molecule has 1 rings (SSSR count). The first kappa shape index (κ1) is 19.6. The number of carbonyl (C=O) groups is 2. The molecular weight excluding hydrogens is 280 g/mol. The monoisotopic (exact) mass is 304 g/mol. The lowest BCUT2D eigenvalue weighted by Crippen LogP contribution is -2.05. The molecule has 0 aliphatic rings. The Kier molecular flexibility index (Phi) is 12.2. The van der Waals surface area contributed by atoms with Crippen LogP contribution in [0.1, 0.15) is 32.3 Å². The van der Waals surface area contributed by atoms with E-state index in [0.717, 1.165) is 25.0 Å². The molecule has 0 amide bonds. The molecule has 22 heavy (non-hydrogen) atoms. The molecule has 0 atom stereocenters. The first-order chi connectivity index (χ1) is 10.6. The Morgan fingerprint density at radius 1 is 0.955 bits per heavy atom. The van der Waals surface area contributed by atoms with Crippen LogP contribution < -0.4 is 0 Å². The molecule has 0 fully saturated rings. The number of esters is 2. The van der Waals surface area contributed by atoms with E-state index in [4.69, 9.17) is 9.47 Å². The summed E-state index contributed by atoms with van der Waals surface area (Å²) in [5.41, 5.74) is 1.17. The van der Waals surface area contributed by atoms with Gasteiger partial charge in [0, 0.05) is 12.2 Å². The number of rotatable bonds is 7. The fourth-order valence-electron chi connectivity index (χ4n) is 1.23. The van der Waals surface area contributed by atoms with E-state index < -0.39 is 11.9 Å². The van der Waals surface area contributed by atoms with Crippen LogP contribution >= 0.6 is 0 Å². The third kappa shape index (κ3) is 11.5. The molecule has 1 aromatic carbocycles. The molecule has 4 nitrogen and oxygen atoms in total. The molecule has 0 unspecified atom stereocenters. The van der Waals surface area contributed by atoms with Gasteiger partial charge >= 0.3 is 11.9 Å². The van der Waals surface area contributed by atoms with E-state index in [1.54, 1.807) is 0 Å². The third-order valence-corrected chi connectivity index (χ3v) is 2.29. The van der Waals surface area contributed by atoms with Crippen LogP contribution in [0, 0.1) is 0 Å². The second-order valence-corrected chi connectivity index (χ2v) is 4.28. The summed E-state index contributed by atoms with van der Waals surface area (Å²) in [4.78, 5) is 21.7. The Morgan fingerprint density at radius 2 is 1.41 bits per heavy atom. The molecule has 0 aliphatic heterocycles. The molecule has 1 aromatic rings. The lowest BCUT2D eigenvalue weighted by Gasteiger charge is -1.98. The smallest absolute Gasteiger partial charge is 0.331 e. The van der Waals surface area contributed by atoms with E-state index in [0.29, 0.717) is 13.2 Å². The van der Waals surface area contributed by atoms with Gasteiger partial charge in [-0.15, -0.1) is 0 Å². The Hall–Kier alpha value is -2.36. The molecule has 0 spiro atoms. The Bertz CT molecular complexity index is 441. The van der Waals surface area contributed by atoms with Crippen molar-refractivity contribution < 1.29 is 19.1 Å². The van der Waals surface area contributed by atoms with Crippen LogP contribution in [-0.4, -0.2) is 25.2 Å². The molecule has 120 valence electrons. The summed E-state index contributed by atoms with van der Waals surface area (Å²) < 4.78 is 9.43. The maximum Gasteiger partial charge on any atom is 0.331 e. The minimum atomic E-state index is -0.514. The van der Waals surface area contributed by atoms with Crippen LogP contribution in [0.15, 0.2) is 49.1 Å². The van der Waals surface area contributed by atoms with Crippen molar-refractivity contribution in [2.24, 2.45) is 0 Å². The second kappa shape index (κ2) is 13.6. The van der Waals surface area contributed by atoms with Crippen molar-refractivity contribution in [3.8, 4) is 0 Å². The molecule has 0 bridgehead atoms. The van der Waals surface area contributed by atoms with E-state index in [1.807, 2.05) is 50.3 Å². The predicted molar refractivity (Wildman–Crippen MR) is 88.2 cm³/mol. The minimum Gasteiger partial charge on any atom is -0.463 e. The van der Waals surface area contributed by atoms with Crippen molar-refractivity contribution in [1.29, 1.82) is 0 Å². The molecular formula is C18H24O4. The Morgan fingerprint density at radius 3 is 1.73 bits per heavy atom. The molecule has 0 radical (unpaired) electrons. The van der Waals surface area contributed by atoms with Crippen molar-refractivity contribution >= 4 is 18.0 Å². The van der Waals surface area contributed by atoms with Gasteiger partial charge < -0.3 is 9.47 Å². The summed E-state index contributed by atoms with van der Waals surface area (Å²) in [6.07, 6.45) is 5.51. The van der Waals surface area contributed by atoms with Gasteiger partial charge in [0.15, 0.2) is 0 Å². The van der Waals surface area contributed by atoms with Gasteiger partial charge in [0.2, 0.25) is 0 Å². The standard InChI is InChI=1S/C10H16O4.C8H8/c1-3-7-13-9(11)5-6-10(12)14-8-4-2;1-2-8-6-4-3-5-7-8/h5-6H,3-4,7-8H2,1-2H3;2-7H,1H2. The summed E-state index contributed by atoms with van der Waals surface area (Å²) >= 11 is 0. The Balaban J connectivity index is 0.000000461. The van der Waals surface area contributed by atoms with Crippen molar-refractivity contribution in [2.75, 3.05) is 13.2 Å². The number of ether oxygens (including phenoxy) is 2. The summed E-state index contributed by atoms with van der Waals surface area (Å²) in [7, 11) is 0. The van der Waals surface area contributed by atoms with E-state index in [2.05, 4.69) is 6.58 Å². The second-order valence-electron chi connectivity index (χ2n) is 4.28. The van der Waals surface area contributed by atoms with Crippen molar-refractivity contribution in [3.63, 3.8) is 0 Å². The van der Waals surface area contributed by atoms with Crippen LogP contribution in [-0.2, 0) is 19.1 Å². The molecule has 0 N–H and O–H groups in total. The Labute approximate surface area is 132 Å². The normalized spacial score (nSPS) is 9.55. The van der Waals surface area contributed by atoms with Gasteiger partial charge in [-0.2, -0.15) is 0 Å². The zero-order valence-corrected chi connectivity index (χ0v) is 13.3. The highest BCUT2D eigenvalue weighted by atomic mass is 16.5. The van der Waals surface area contributed by atoms with Crippen molar-refractivity contribution in [1.82, 2.24) is 0 Å². The maximum absolute atomic E-state index is 10.9. The van der Waals surface area contributed by atoms with Crippen LogP contribution in [0.4, 0.5) is 0 Å². The fraction of sp³-hybridized carbons (Fsp3) is 0.333. The molecule has 0 aliphatic carbocycles. The highest BCUT2D eigenvalue weighted by Crippen LogP contribution is 1.97. The zero-order valence-electron chi connectivity index (χ0n) is 13.3. The first-order valence-electron chi connectivity index (χ1n) is 7.33. The van der Waals surface area contributed by atoms with Gasteiger partial charge in [0.25, 0.3) is 0 Å². The third-order valence-electron chi connectivity index (χ3n) is 2.29. The zero-order chi connectivity index (χ0) is 16.6. The van der Waals surface area contributed by atoms with Crippen molar-refractivity contribution in [3.05, 3.63) is 54.6 Å². The van der Waals surface area contributed by atoms with E-state index >= 15 is 0 Å². The van der Waals surface area contributed by atoms with Gasteiger partial charge in [-0.25, -0.2) is 9.59 Å². The van der Waals surface area contributed by atoms with E-state index in [9.17, 15) is 9.59 Å². The molecule has 0 saturated carbocycles. The highest BCUT2D eigenvalue weighted by molar-refractivity contribution is 5.91. The average molecular weight is 304 g/mol. The summed E-state index contributed by atoms with van der Waals surface area (Å²) in [5, 5.41) is 0. The van der Waals surface area contributed by atoms with E-state index in [1.165, 1.54) is 5.56 Å². The first-order valence-corrected chi connectivity index (χ1v) is 7.33. The molecule has 0 heterocycles. The van der Waals surface area contributed by atoms with E-state index in [-0.39, 0.29) is 0 Å². The van der Waals surface area contributed by atoms with Crippen LogP contribution in [0.3, 0.4) is 0 Å². The number of hydrogen-bond donors (Lipinski definition) is 0. The fourth-order valence-corrected chi connectivity index (χ4v) is 1.23. The maximum atomic E-state index is 10.9. The minimum absolute atomic E-state index is 0.368. The lowest BCUT2D eigenvalue weighted by atomic mass is 10.2. The quantitative estimate of drug-likeness (QED) is 0.568. The topological polar surface area (TPSA) is 52.6 Å². The number of hydrogen-bond acceptors (Lipinski definition) is 4. The molecule has 0 aromatic heterocycles. The van der Waals surface area contributed by atoms with Gasteiger partial charge in [0.1, 0.15) is 0 Å². The van der Waals surface area contributed by atoms with Gasteiger partial charge in [-0.1, -0.05) is 56.8 Å². The molecule has 0 saturated heterocycles. The van der Waals surface area contributed by atoms with Crippen LogP contribution in [0.2, 0.25) is 0 Å². The molecule has 4 heteroatoms. The number of carbonyl (C=O) groups excluding carboxylic acids is 2.